The average Bonchev–Trinajstić information content (AvgIpc) is 1.69. The number of thioether (sulfide) groups is 1. The molecule has 0 aliphatic rings. The van der Waals surface area contributed by atoms with Crippen molar-refractivity contribution in [1.82, 2.24) is 0 Å². The first-order valence-corrected chi connectivity index (χ1v) is 3.14. The Morgan fingerprint density at radius 1 is 1.86 bits per heavy atom. The fourth-order valence-electron chi connectivity index (χ4n) is 0.149. The van der Waals surface area contributed by atoms with E-state index in [0.717, 1.165) is 5.75 Å². The number of ether oxygens (including phenoxy) is 1. The van der Waals surface area contributed by atoms with Gasteiger partial charge in [0.25, 0.3) is 0 Å². The maximum atomic E-state index is 9.32. The van der Waals surface area contributed by atoms with Gasteiger partial charge in [0.15, 0.2) is 0 Å². The summed E-state index contributed by atoms with van der Waals surface area (Å²) in [7, 11) is 0. The molecule has 3 heteroatoms. The standard InChI is InChI=1S/C4H7O2S/c1-2-7-4-6-3-5/h2,4H2,1H3. The fourth-order valence-corrected chi connectivity index (χ4v) is 0.447. The van der Waals surface area contributed by atoms with Gasteiger partial charge in [0.1, 0.15) is 5.94 Å². The molecule has 0 aliphatic carbocycles. The molecule has 0 saturated carbocycles. The van der Waals surface area contributed by atoms with Crippen molar-refractivity contribution in [2.24, 2.45) is 0 Å². The largest absolute Gasteiger partial charge is 0.446 e. The zero-order valence-corrected chi connectivity index (χ0v) is 4.96. The van der Waals surface area contributed by atoms with E-state index < -0.39 is 0 Å². The maximum absolute atomic E-state index is 9.32. The van der Waals surface area contributed by atoms with Crippen LogP contribution >= 0.6 is 11.8 Å². The van der Waals surface area contributed by atoms with Gasteiger partial charge in [-0.25, -0.2) is 4.79 Å². The molecule has 0 N–H and O–H groups in total. The lowest BCUT2D eigenvalue weighted by atomic mass is 11.0. The van der Waals surface area contributed by atoms with Gasteiger partial charge in [0.05, 0.1) is 0 Å². The quantitative estimate of drug-likeness (QED) is 0.404. The van der Waals surface area contributed by atoms with Gasteiger partial charge in [-0.05, 0) is 5.75 Å². The molecule has 2 nitrogen and oxygen atoms in total. The van der Waals surface area contributed by atoms with Gasteiger partial charge in [0.2, 0.25) is 0 Å². The van der Waals surface area contributed by atoms with E-state index in [1.807, 2.05) is 6.92 Å². The third kappa shape index (κ3) is 5.82. The summed E-state index contributed by atoms with van der Waals surface area (Å²) in [5.74, 6) is 1.40. The number of rotatable bonds is 4. The Balaban J connectivity index is 2.56. The normalized spacial score (nSPS) is 8.14. The number of hydrogen-bond acceptors (Lipinski definition) is 3. The van der Waals surface area contributed by atoms with Crippen molar-refractivity contribution in [2.75, 3.05) is 11.7 Å². The summed E-state index contributed by atoms with van der Waals surface area (Å²) in [5, 5.41) is 0. The predicted molar refractivity (Wildman–Crippen MR) is 29.8 cm³/mol. The summed E-state index contributed by atoms with van der Waals surface area (Å²) in [6, 6.07) is 0. The van der Waals surface area contributed by atoms with E-state index in [1.54, 1.807) is 11.8 Å². The molecule has 1 radical (unpaired) electrons. The number of carbonyl (C=O) groups excluding carboxylic acids is 1. The van der Waals surface area contributed by atoms with Gasteiger partial charge < -0.3 is 4.74 Å². The van der Waals surface area contributed by atoms with Crippen molar-refractivity contribution in [1.29, 1.82) is 0 Å². The average molecular weight is 119 g/mol. The van der Waals surface area contributed by atoms with E-state index in [-0.39, 0.29) is 0 Å². The summed E-state index contributed by atoms with van der Waals surface area (Å²) in [5.41, 5.74) is 0. The van der Waals surface area contributed by atoms with Gasteiger partial charge in [-0.3, -0.25) is 0 Å². The highest BCUT2D eigenvalue weighted by atomic mass is 32.2. The van der Waals surface area contributed by atoms with E-state index in [9.17, 15) is 4.79 Å². The molecule has 0 bridgehead atoms. The molecule has 0 fully saturated rings. The molecule has 0 saturated heterocycles. The van der Waals surface area contributed by atoms with Crippen LogP contribution in [0.1, 0.15) is 6.92 Å². The Morgan fingerprint density at radius 3 is 3.00 bits per heavy atom. The Labute approximate surface area is 47.2 Å². The van der Waals surface area contributed by atoms with Crippen LogP contribution in [-0.2, 0) is 9.53 Å². The van der Waals surface area contributed by atoms with Crippen LogP contribution in [0, 0.1) is 0 Å². The first kappa shape index (κ1) is 6.82. The molecular formula is C4H7O2S. The Bertz CT molecular complexity index is 47.0. The zero-order chi connectivity index (χ0) is 5.54. The zero-order valence-electron chi connectivity index (χ0n) is 4.14. The van der Waals surface area contributed by atoms with Crippen molar-refractivity contribution >= 4 is 18.2 Å². The summed E-state index contributed by atoms with van der Waals surface area (Å²) >= 11 is 1.55. The predicted octanol–water partition coefficient (Wildman–Crippen LogP) is 0.781. The lowest BCUT2D eigenvalue weighted by Crippen LogP contribution is -1.84. The monoisotopic (exact) mass is 119 g/mol. The van der Waals surface area contributed by atoms with Crippen molar-refractivity contribution in [3.05, 3.63) is 0 Å². The second-order valence-electron chi connectivity index (χ2n) is 0.838. The van der Waals surface area contributed by atoms with E-state index in [1.165, 1.54) is 6.47 Å². The minimum atomic E-state index is 0.431. The molecule has 0 unspecified atom stereocenters. The van der Waals surface area contributed by atoms with Crippen molar-refractivity contribution in [3.63, 3.8) is 0 Å². The van der Waals surface area contributed by atoms with Crippen LogP contribution in [0.4, 0.5) is 0 Å². The topological polar surface area (TPSA) is 26.3 Å². The highest BCUT2D eigenvalue weighted by Crippen LogP contribution is 1.95. The fraction of sp³-hybridized carbons (Fsp3) is 0.750. The molecule has 0 atom stereocenters. The smallest absolute Gasteiger partial charge is 0.418 e. The van der Waals surface area contributed by atoms with E-state index in [4.69, 9.17) is 0 Å². The van der Waals surface area contributed by atoms with E-state index in [2.05, 4.69) is 4.74 Å². The van der Waals surface area contributed by atoms with Crippen LogP contribution in [0.5, 0.6) is 0 Å². The third-order valence-electron chi connectivity index (χ3n) is 0.405. The molecule has 0 heterocycles. The molecular weight excluding hydrogens is 112 g/mol. The van der Waals surface area contributed by atoms with Crippen molar-refractivity contribution < 1.29 is 9.53 Å². The van der Waals surface area contributed by atoms with E-state index in [0.29, 0.717) is 5.94 Å². The highest BCUT2D eigenvalue weighted by molar-refractivity contribution is 7.99. The Hall–Kier alpha value is -0.180. The molecule has 0 rings (SSSR count). The van der Waals surface area contributed by atoms with Gasteiger partial charge in [-0.15, -0.1) is 11.8 Å². The van der Waals surface area contributed by atoms with Crippen molar-refractivity contribution in [2.45, 2.75) is 6.92 Å². The van der Waals surface area contributed by atoms with Gasteiger partial charge >= 0.3 is 6.47 Å². The second-order valence-corrected chi connectivity index (χ2v) is 2.06. The van der Waals surface area contributed by atoms with E-state index >= 15 is 0 Å². The van der Waals surface area contributed by atoms with Crippen LogP contribution in [0.2, 0.25) is 0 Å². The number of hydrogen-bond donors (Lipinski definition) is 0. The molecule has 0 aromatic heterocycles. The van der Waals surface area contributed by atoms with Crippen LogP contribution in [-0.4, -0.2) is 18.2 Å². The van der Waals surface area contributed by atoms with Crippen LogP contribution in [0.15, 0.2) is 0 Å². The van der Waals surface area contributed by atoms with Gasteiger partial charge in [-0.2, -0.15) is 0 Å². The molecule has 0 aromatic rings. The molecule has 0 amide bonds. The summed E-state index contributed by atoms with van der Waals surface area (Å²) in [4.78, 5) is 9.32. The molecule has 7 heavy (non-hydrogen) atoms. The van der Waals surface area contributed by atoms with Crippen LogP contribution in [0.25, 0.3) is 0 Å². The Morgan fingerprint density at radius 2 is 2.57 bits per heavy atom. The minimum Gasteiger partial charge on any atom is -0.446 e. The van der Waals surface area contributed by atoms with Crippen LogP contribution in [0.3, 0.4) is 0 Å². The third-order valence-corrected chi connectivity index (χ3v) is 1.10. The van der Waals surface area contributed by atoms with Gasteiger partial charge in [-0.1, -0.05) is 6.92 Å². The van der Waals surface area contributed by atoms with Gasteiger partial charge in [0, 0.05) is 0 Å². The highest BCUT2D eigenvalue weighted by Gasteiger charge is 1.79. The second kappa shape index (κ2) is 5.82. The minimum absolute atomic E-state index is 0.431. The molecule has 0 aromatic carbocycles. The maximum Gasteiger partial charge on any atom is 0.418 e. The summed E-state index contributed by atoms with van der Waals surface area (Å²) < 4.78 is 4.23. The first-order chi connectivity index (χ1) is 3.41. The lowest BCUT2D eigenvalue weighted by molar-refractivity contribution is 0.337. The Kier molecular flexibility index (Phi) is 5.67. The lowest BCUT2D eigenvalue weighted by Gasteiger charge is -1.89. The summed E-state index contributed by atoms with van der Waals surface area (Å²) in [6.07, 6.45) is 0. The van der Waals surface area contributed by atoms with Crippen molar-refractivity contribution in [3.8, 4) is 0 Å². The SMILES string of the molecule is CCSCO[C]=O. The van der Waals surface area contributed by atoms with Crippen LogP contribution < -0.4 is 0 Å². The summed E-state index contributed by atoms with van der Waals surface area (Å²) in [6.45, 7) is 3.33. The first-order valence-electron chi connectivity index (χ1n) is 1.98. The molecule has 0 aliphatic heterocycles. The molecule has 0 spiro atoms. The molecule has 41 valence electrons.